The smallest absolute Gasteiger partial charge is 0.335 e. The lowest BCUT2D eigenvalue weighted by Gasteiger charge is -2.27. The van der Waals surface area contributed by atoms with Crippen molar-refractivity contribution in [2.24, 2.45) is 0 Å². The van der Waals surface area contributed by atoms with E-state index in [9.17, 15) is 19.1 Å². The zero-order valence-corrected chi connectivity index (χ0v) is 22.1. The van der Waals surface area contributed by atoms with E-state index in [0.717, 1.165) is 12.5 Å². The van der Waals surface area contributed by atoms with Gasteiger partial charge in [0.1, 0.15) is 24.8 Å². The fourth-order valence-electron chi connectivity index (χ4n) is 4.63. The number of ether oxygens (including phenoxy) is 2. The number of benzene rings is 2. The molecule has 6 rings (SSSR count). The Hall–Kier alpha value is -5.41. The van der Waals surface area contributed by atoms with Gasteiger partial charge in [0.05, 0.1) is 52.8 Å². The molecule has 210 valence electrons. The fourth-order valence-corrected chi connectivity index (χ4v) is 4.63. The lowest BCUT2D eigenvalue weighted by molar-refractivity contribution is -0.0590. The van der Waals surface area contributed by atoms with Crippen LogP contribution in [0.1, 0.15) is 33.7 Å². The van der Waals surface area contributed by atoms with Gasteiger partial charge < -0.3 is 19.1 Å². The Bertz CT molecular complexity index is 1920. The Morgan fingerprint density at radius 2 is 2.02 bits per heavy atom. The van der Waals surface area contributed by atoms with Crippen molar-refractivity contribution in [2.45, 2.75) is 32.2 Å². The molecule has 2 aromatic carbocycles. The summed E-state index contributed by atoms with van der Waals surface area (Å²) in [5, 5.41) is 22.7. The number of carbonyl (C=O) groups is 1. The number of hydrogen-bond acceptors (Lipinski definition) is 8. The maximum atomic E-state index is 14.2. The number of halogens is 1. The second-order valence-corrected chi connectivity index (χ2v) is 9.74. The van der Waals surface area contributed by atoms with Gasteiger partial charge in [-0.15, -0.1) is 0 Å². The highest BCUT2D eigenvalue weighted by molar-refractivity contribution is 5.92. The molecule has 5 aromatic rings. The molecule has 12 heteroatoms. The molecule has 1 aliphatic heterocycles. The molecule has 42 heavy (non-hydrogen) atoms. The van der Waals surface area contributed by atoms with E-state index in [-0.39, 0.29) is 47.4 Å². The van der Waals surface area contributed by atoms with Crippen LogP contribution in [0.25, 0.3) is 22.3 Å². The van der Waals surface area contributed by atoms with Crippen LogP contribution in [0.15, 0.2) is 71.7 Å². The Morgan fingerprint density at radius 3 is 2.74 bits per heavy atom. The van der Waals surface area contributed by atoms with Gasteiger partial charge in [0.15, 0.2) is 0 Å². The quantitative estimate of drug-likeness (QED) is 0.282. The molecule has 1 saturated heterocycles. The summed E-state index contributed by atoms with van der Waals surface area (Å²) in [5.41, 5.74) is 2.42. The van der Waals surface area contributed by atoms with Gasteiger partial charge in [0.2, 0.25) is 5.88 Å². The monoisotopic (exact) mass is 566 g/mol. The third-order valence-corrected chi connectivity index (χ3v) is 6.99. The van der Waals surface area contributed by atoms with E-state index in [1.165, 1.54) is 35.1 Å². The van der Waals surface area contributed by atoms with E-state index in [1.807, 2.05) is 10.6 Å². The van der Waals surface area contributed by atoms with Crippen LogP contribution in [0.2, 0.25) is 0 Å². The maximum Gasteiger partial charge on any atom is 0.335 e. The average Bonchev–Trinajstić information content (AvgIpc) is 3.31. The third kappa shape index (κ3) is 5.45. The lowest BCUT2D eigenvalue weighted by Crippen LogP contribution is -2.32. The minimum Gasteiger partial charge on any atom is -0.478 e. The number of nitrogens with zero attached hydrogens (tertiary/aromatic N) is 6. The molecular formula is C30H23FN6O5. The fraction of sp³-hybridized carbons (Fsp3) is 0.200. The molecule has 0 aliphatic carbocycles. The molecule has 0 spiro atoms. The topological polar surface area (TPSA) is 145 Å². The number of carboxylic acid groups (broad SMARTS) is 1. The van der Waals surface area contributed by atoms with Crippen LogP contribution in [0, 0.1) is 17.1 Å². The number of carboxylic acids is 1. The minimum atomic E-state index is -1.04. The number of rotatable bonds is 9. The first-order chi connectivity index (χ1) is 20.4. The van der Waals surface area contributed by atoms with Gasteiger partial charge in [-0.1, -0.05) is 12.1 Å². The van der Waals surface area contributed by atoms with Crippen LogP contribution >= 0.6 is 0 Å². The van der Waals surface area contributed by atoms with Crippen molar-refractivity contribution in [3.8, 4) is 23.2 Å². The van der Waals surface area contributed by atoms with Crippen LogP contribution in [0.4, 0.5) is 4.39 Å². The molecule has 0 amide bonds. The minimum absolute atomic E-state index is 0.0179. The number of nitriles is 1. The molecule has 0 bridgehead atoms. The highest BCUT2D eigenvalue weighted by Gasteiger charge is 2.23. The van der Waals surface area contributed by atoms with E-state index in [0.29, 0.717) is 41.3 Å². The Morgan fingerprint density at radius 1 is 1.17 bits per heavy atom. The number of pyridine rings is 1. The van der Waals surface area contributed by atoms with E-state index in [1.54, 1.807) is 30.3 Å². The summed E-state index contributed by atoms with van der Waals surface area (Å²) in [6.45, 7) is 1.12. The van der Waals surface area contributed by atoms with Gasteiger partial charge in [0.25, 0.3) is 5.56 Å². The van der Waals surface area contributed by atoms with Crippen molar-refractivity contribution in [2.75, 3.05) is 6.61 Å². The second-order valence-electron chi connectivity index (χ2n) is 9.74. The van der Waals surface area contributed by atoms with Crippen LogP contribution < -0.4 is 10.3 Å². The molecule has 0 unspecified atom stereocenters. The van der Waals surface area contributed by atoms with Crippen LogP contribution in [-0.4, -0.2) is 48.1 Å². The predicted octanol–water partition coefficient (Wildman–Crippen LogP) is 3.78. The first kappa shape index (κ1) is 26.8. The largest absolute Gasteiger partial charge is 0.478 e. The van der Waals surface area contributed by atoms with E-state index >= 15 is 0 Å². The van der Waals surface area contributed by atoms with Gasteiger partial charge in [-0.25, -0.2) is 23.8 Å². The highest BCUT2D eigenvalue weighted by Crippen LogP contribution is 2.23. The SMILES string of the molecule is N#Cc1ccc(COc2cccc(-c3cnn(Cc4nc5ccc(C(=O)O)cc5n4C[C@@H]4CCO4)c(=O)c3)n2)c(F)c1. The van der Waals surface area contributed by atoms with Crippen LogP contribution in [0.3, 0.4) is 0 Å². The predicted molar refractivity (Wildman–Crippen MR) is 147 cm³/mol. The van der Waals surface area contributed by atoms with Crippen LogP contribution in [0.5, 0.6) is 5.88 Å². The number of imidazole rings is 1. The van der Waals surface area contributed by atoms with Gasteiger partial charge in [-0.3, -0.25) is 4.79 Å². The molecular weight excluding hydrogens is 543 g/mol. The van der Waals surface area contributed by atoms with Crippen molar-refractivity contribution in [3.63, 3.8) is 0 Å². The highest BCUT2D eigenvalue weighted by atomic mass is 19.1. The zero-order chi connectivity index (χ0) is 29.2. The van der Waals surface area contributed by atoms with Crippen molar-refractivity contribution in [1.29, 1.82) is 5.26 Å². The normalized spacial score (nSPS) is 14.3. The number of fused-ring (bicyclic) bond motifs is 1. The Balaban J connectivity index is 1.23. The summed E-state index contributed by atoms with van der Waals surface area (Å²) in [4.78, 5) is 33.7. The number of hydrogen-bond donors (Lipinski definition) is 1. The maximum absolute atomic E-state index is 14.2. The summed E-state index contributed by atoms with van der Waals surface area (Å²) in [6, 6.07) is 17.2. The zero-order valence-electron chi connectivity index (χ0n) is 22.1. The van der Waals surface area contributed by atoms with Gasteiger partial charge in [-0.2, -0.15) is 10.4 Å². The summed E-state index contributed by atoms with van der Waals surface area (Å²) in [7, 11) is 0. The van der Waals surface area contributed by atoms with Crippen molar-refractivity contribution >= 4 is 17.0 Å². The summed E-state index contributed by atoms with van der Waals surface area (Å²) in [5.74, 6) is -0.805. The Kier molecular flexibility index (Phi) is 7.16. The molecule has 11 nitrogen and oxygen atoms in total. The number of aromatic carboxylic acids is 1. The van der Waals surface area contributed by atoms with E-state index < -0.39 is 11.8 Å². The van der Waals surface area contributed by atoms with Crippen molar-refractivity contribution in [1.82, 2.24) is 24.3 Å². The van der Waals surface area contributed by atoms with Gasteiger partial charge in [0, 0.05) is 29.9 Å². The van der Waals surface area contributed by atoms with Crippen molar-refractivity contribution in [3.05, 3.63) is 106 Å². The first-order valence-corrected chi connectivity index (χ1v) is 13.1. The third-order valence-electron chi connectivity index (χ3n) is 6.99. The molecule has 0 radical (unpaired) electrons. The lowest BCUT2D eigenvalue weighted by atomic mass is 10.1. The summed E-state index contributed by atoms with van der Waals surface area (Å²) in [6.07, 6.45) is 2.37. The molecule has 1 N–H and O–H groups in total. The second kappa shape index (κ2) is 11.2. The van der Waals surface area contributed by atoms with Crippen molar-refractivity contribution < 1.29 is 23.8 Å². The molecule has 4 heterocycles. The molecule has 1 aliphatic rings. The van der Waals surface area contributed by atoms with E-state index in [4.69, 9.17) is 14.7 Å². The summed E-state index contributed by atoms with van der Waals surface area (Å²) >= 11 is 0. The van der Waals surface area contributed by atoms with E-state index in [2.05, 4.69) is 15.1 Å². The summed E-state index contributed by atoms with van der Waals surface area (Å²) < 4.78 is 28.6. The molecule has 1 fully saturated rings. The van der Waals surface area contributed by atoms with Gasteiger partial charge >= 0.3 is 5.97 Å². The molecule has 3 aromatic heterocycles. The molecule has 1 atom stereocenters. The Labute approximate surface area is 238 Å². The molecule has 0 saturated carbocycles. The number of aromatic nitrogens is 5. The first-order valence-electron chi connectivity index (χ1n) is 13.1. The average molecular weight is 567 g/mol. The standard InChI is InChI=1S/C30H23FN6O5/c31-23-10-18(13-32)4-5-20(23)17-42-28-3-1-2-24(35-28)21-12-29(38)37(33-14-21)16-27-34-25-7-6-19(30(39)40)11-26(25)36(27)15-22-8-9-41-22/h1-7,10-12,14,22H,8-9,15-17H2,(H,39,40)/t22-/m0/s1. The van der Waals surface area contributed by atoms with Gasteiger partial charge in [-0.05, 0) is 42.8 Å². The van der Waals surface area contributed by atoms with Crippen LogP contribution in [-0.2, 0) is 24.4 Å².